The fourth-order valence-corrected chi connectivity index (χ4v) is 3.06. The molecule has 102 valence electrons. The summed E-state index contributed by atoms with van der Waals surface area (Å²) in [4.78, 5) is 14.6. The van der Waals surface area contributed by atoms with Crippen LogP contribution in [-0.2, 0) is 20.1 Å². The molecule has 0 unspecified atom stereocenters. The molecule has 0 radical (unpaired) electrons. The predicted molar refractivity (Wildman–Crippen MR) is 72.1 cm³/mol. The maximum Gasteiger partial charge on any atom is 0.292 e. The van der Waals surface area contributed by atoms with E-state index >= 15 is 0 Å². The Morgan fingerprint density at radius 2 is 1.74 bits per heavy atom. The number of amides is 1. The van der Waals surface area contributed by atoms with Crippen molar-refractivity contribution in [2.45, 2.75) is 39.5 Å². The number of carbonyl (C=O) groups is 1. The number of anilines is 1. The first-order chi connectivity index (χ1) is 8.99. The maximum absolute atomic E-state index is 12.8. The van der Waals surface area contributed by atoms with E-state index in [-0.39, 0.29) is 11.9 Å². The van der Waals surface area contributed by atoms with Gasteiger partial charge in [0, 0.05) is 11.6 Å². The van der Waals surface area contributed by atoms with Gasteiger partial charge in [0.25, 0.3) is 11.7 Å². The molecule has 2 heterocycles. The molecule has 19 heavy (non-hydrogen) atoms. The van der Waals surface area contributed by atoms with Crippen LogP contribution >= 0.6 is 0 Å². The highest BCUT2D eigenvalue weighted by Gasteiger charge is 2.57. The highest BCUT2D eigenvalue weighted by Crippen LogP contribution is 2.49. The van der Waals surface area contributed by atoms with Crippen LogP contribution in [0.25, 0.3) is 0 Å². The van der Waals surface area contributed by atoms with E-state index in [1.165, 1.54) is 0 Å². The lowest BCUT2D eigenvalue weighted by atomic mass is 9.98. The molecule has 4 nitrogen and oxygen atoms in total. The molecule has 1 saturated heterocycles. The van der Waals surface area contributed by atoms with Crippen molar-refractivity contribution in [3.63, 3.8) is 0 Å². The van der Waals surface area contributed by atoms with E-state index in [1.54, 1.807) is 0 Å². The minimum absolute atomic E-state index is 0.0823. The Balaban J connectivity index is 2.30. The van der Waals surface area contributed by atoms with Crippen LogP contribution in [0.2, 0.25) is 0 Å². The molecular formula is C15H19NO3. The van der Waals surface area contributed by atoms with Gasteiger partial charge < -0.3 is 14.4 Å². The molecular weight excluding hydrogens is 242 g/mol. The summed E-state index contributed by atoms with van der Waals surface area (Å²) in [6.45, 7) is 8.97. The first-order valence-corrected chi connectivity index (χ1v) is 6.71. The van der Waals surface area contributed by atoms with E-state index in [9.17, 15) is 4.79 Å². The molecule has 0 aliphatic carbocycles. The summed E-state index contributed by atoms with van der Waals surface area (Å²) < 4.78 is 11.5. The second kappa shape index (κ2) is 4.05. The number of benzene rings is 1. The van der Waals surface area contributed by atoms with Gasteiger partial charge in [0.05, 0.1) is 18.9 Å². The van der Waals surface area contributed by atoms with E-state index in [1.807, 2.05) is 44.7 Å². The van der Waals surface area contributed by atoms with Crippen molar-refractivity contribution in [2.24, 2.45) is 0 Å². The van der Waals surface area contributed by atoms with Gasteiger partial charge in [-0.2, -0.15) is 0 Å². The minimum atomic E-state index is -1.20. The highest BCUT2D eigenvalue weighted by atomic mass is 16.7. The highest BCUT2D eigenvalue weighted by molar-refractivity contribution is 6.07. The van der Waals surface area contributed by atoms with Crippen molar-refractivity contribution in [1.82, 2.24) is 0 Å². The van der Waals surface area contributed by atoms with Crippen LogP contribution in [0, 0.1) is 13.8 Å². The quantitative estimate of drug-likeness (QED) is 0.778. The molecule has 1 fully saturated rings. The van der Waals surface area contributed by atoms with Crippen LogP contribution in [0.15, 0.2) is 12.1 Å². The van der Waals surface area contributed by atoms with E-state index < -0.39 is 5.79 Å². The molecule has 0 bridgehead atoms. The molecule has 1 aromatic rings. The van der Waals surface area contributed by atoms with Gasteiger partial charge in [0.1, 0.15) is 0 Å². The van der Waals surface area contributed by atoms with Gasteiger partial charge in [0.2, 0.25) is 0 Å². The fraction of sp³-hybridized carbons (Fsp3) is 0.533. The standard InChI is InChI=1S/C15H19NO3/c1-9(2)16-13-11(4)6-5-10(3)12(13)15(14(16)17)18-7-8-19-15/h5-6,9H,7-8H2,1-4H3. The van der Waals surface area contributed by atoms with E-state index in [0.29, 0.717) is 13.2 Å². The van der Waals surface area contributed by atoms with Gasteiger partial charge in [0.15, 0.2) is 0 Å². The Kier molecular flexibility index (Phi) is 2.69. The third-order valence-corrected chi connectivity index (χ3v) is 3.87. The fourth-order valence-electron chi connectivity index (χ4n) is 3.06. The number of ether oxygens (including phenoxy) is 2. The first-order valence-electron chi connectivity index (χ1n) is 6.71. The van der Waals surface area contributed by atoms with Crippen molar-refractivity contribution in [1.29, 1.82) is 0 Å². The zero-order chi connectivity index (χ0) is 13.8. The van der Waals surface area contributed by atoms with E-state index in [2.05, 4.69) is 0 Å². The Morgan fingerprint density at radius 3 is 2.32 bits per heavy atom. The number of rotatable bonds is 1. The molecule has 0 atom stereocenters. The number of aryl methyl sites for hydroxylation is 2. The molecule has 0 aromatic heterocycles. The van der Waals surface area contributed by atoms with Crippen molar-refractivity contribution in [3.8, 4) is 0 Å². The van der Waals surface area contributed by atoms with Gasteiger partial charge in [-0.3, -0.25) is 4.79 Å². The van der Waals surface area contributed by atoms with Gasteiger partial charge in [-0.05, 0) is 38.8 Å². The molecule has 0 N–H and O–H groups in total. The largest absolute Gasteiger partial charge is 0.336 e. The van der Waals surface area contributed by atoms with Crippen LogP contribution in [0.1, 0.15) is 30.5 Å². The molecule has 2 aliphatic heterocycles. The van der Waals surface area contributed by atoms with Crippen molar-refractivity contribution in [2.75, 3.05) is 18.1 Å². The van der Waals surface area contributed by atoms with Crippen molar-refractivity contribution < 1.29 is 14.3 Å². The van der Waals surface area contributed by atoms with Gasteiger partial charge in [-0.15, -0.1) is 0 Å². The SMILES string of the molecule is Cc1ccc(C)c2c1N(C(C)C)C(=O)C21OCCO1. The normalized spacial score (nSPS) is 20.7. The lowest BCUT2D eigenvalue weighted by Gasteiger charge is -2.25. The van der Waals surface area contributed by atoms with Gasteiger partial charge >= 0.3 is 0 Å². The number of nitrogens with zero attached hydrogens (tertiary/aromatic N) is 1. The minimum Gasteiger partial charge on any atom is -0.336 e. The molecule has 1 spiro atoms. The first kappa shape index (κ1) is 12.6. The number of carbonyl (C=O) groups excluding carboxylic acids is 1. The molecule has 3 rings (SSSR count). The number of fused-ring (bicyclic) bond motifs is 2. The Morgan fingerprint density at radius 1 is 1.16 bits per heavy atom. The molecule has 2 aliphatic rings. The summed E-state index contributed by atoms with van der Waals surface area (Å²) in [6, 6.07) is 4.15. The third kappa shape index (κ3) is 1.50. The van der Waals surface area contributed by atoms with Crippen LogP contribution in [0.3, 0.4) is 0 Å². The number of hydrogen-bond acceptors (Lipinski definition) is 3. The second-order valence-electron chi connectivity index (χ2n) is 5.51. The smallest absolute Gasteiger partial charge is 0.292 e. The molecule has 1 aromatic carbocycles. The van der Waals surface area contributed by atoms with Gasteiger partial charge in [-0.1, -0.05) is 12.1 Å². The number of hydrogen-bond donors (Lipinski definition) is 0. The maximum atomic E-state index is 12.8. The van der Waals surface area contributed by atoms with E-state index in [4.69, 9.17) is 9.47 Å². The summed E-state index contributed by atoms with van der Waals surface area (Å²) in [5.41, 5.74) is 3.98. The third-order valence-electron chi connectivity index (χ3n) is 3.87. The second-order valence-corrected chi connectivity index (χ2v) is 5.51. The van der Waals surface area contributed by atoms with E-state index in [0.717, 1.165) is 22.4 Å². The van der Waals surface area contributed by atoms with Crippen LogP contribution in [0.4, 0.5) is 5.69 Å². The zero-order valence-corrected chi connectivity index (χ0v) is 11.8. The summed E-state index contributed by atoms with van der Waals surface area (Å²) in [7, 11) is 0. The van der Waals surface area contributed by atoms with Crippen molar-refractivity contribution >= 4 is 11.6 Å². The molecule has 0 saturated carbocycles. The Labute approximate surface area is 113 Å². The zero-order valence-electron chi connectivity index (χ0n) is 11.8. The summed E-state index contributed by atoms with van der Waals surface area (Å²) in [6.07, 6.45) is 0. The monoisotopic (exact) mass is 261 g/mol. The van der Waals surface area contributed by atoms with Gasteiger partial charge in [-0.25, -0.2) is 0 Å². The van der Waals surface area contributed by atoms with Crippen LogP contribution < -0.4 is 4.90 Å². The Bertz CT molecular complexity index is 545. The lowest BCUT2D eigenvalue weighted by molar-refractivity contribution is -0.181. The lowest BCUT2D eigenvalue weighted by Crippen LogP contribution is -2.44. The van der Waals surface area contributed by atoms with Crippen LogP contribution in [-0.4, -0.2) is 25.2 Å². The van der Waals surface area contributed by atoms with Crippen molar-refractivity contribution in [3.05, 3.63) is 28.8 Å². The molecule has 1 amide bonds. The summed E-state index contributed by atoms with van der Waals surface area (Å²) >= 11 is 0. The predicted octanol–water partition coefficient (Wildman–Crippen LogP) is 2.26. The average molecular weight is 261 g/mol. The Hall–Kier alpha value is -1.39. The average Bonchev–Trinajstić information content (AvgIpc) is 2.92. The van der Waals surface area contributed by atoms with Crippen LogP contribution in [0.5, 0.6) is 0 Å². The summed E-state index contributed by atoms with van der Waals surface area (Å²) in [5.74, 6) is -1.29. The topological polar surface area (TPSA) is 38.8 Å². The summed E-state index contributed by atoms with van der Waals surface area (Å²) in [5, 5.41) is 0. The molecule has 4 heteroatoms.